The Hall–Kier alpha value is -4.55. The van der Waals surface area contributed by atoms with E-state index in [1.807, 2.05) is 211 Å². The van der Waals surface area contributed by atoms with Crippen LogP contribution in [-0.2, 0) is 164 Å². The molecule has 107 heavy (non-hydrogen) atoms. The molecule has 0 saturated carbocycles. The van der Waals surface area contributed by atoms with E-state index in [9.17, 15) is 24.0 Å². The van der Waals surface area contributed by atoms with E-state index in [0.717, 1.165) is 61.4 Å². The summed E-state index contributed by atoms with van der Waals surface area (Å²) in [6, 6.07) is 40.4. The summed E-state index contributed by atoms with van der Waals surface area (Å²) in [5.41, 5.74) is 10.8. The van der Waals surface area contributed by atoms with Crippen molar-refractivity contribution < 1.29 is 163 Å². The molecule has 0 aliphatic rings. The van der Waals surface area contributed by atoms with Gasteiger partial charge in [0.05, 0.1) is 11.9 Å². The largest absolute Gasteiger partial charge is 2.00 e. The Balaban J connectivity index is -0.0000000624. The number of hydrogen-bond donors (Lipinski definition) is 0. The maximum atomic E-state index is 11.0. The summed E-state index contributed by atoms with van der Waals surface area (Å²) in [6.45, 7) is 89.1. The Labute approximate surface area is 729 Å². The molecule has 0 N–H and O–H groups in total. The Morgan fingerprint density at radius 3 is 0.991 bits per heavy atom. The third-order valence-corrected chi connectivity index (χ3v) is 11.5. The van der Waals surface area contributed by atoms with Crippen molar-refractivity contribution in [3.63, 3.8) is 0 Å². The van der Waals surface area contributed by atoms with Crippen molar-refractivity contribution in [3.8, 4) is 11.5 Å². The Kier molecular flexibility index (Phi) is 117. The van der Waals surface area contributed by atoms with Crippen molar-refractivity contribution >= 4 is 44.2 Å². The molecule has 0 aromatic heterocycles. The minimum Gasteiger partial charge on any atom is -0.545 e. The molecular weight excluding hydrogens is 2190 g/mol. The van der Waals surface area contributed by atoms with Gasteiger partial charge in [0.15, 0.2) is 0 Å². The summed E-state index contributed by atoms with van der Waals surface area (Å²) in [5, 5.41) is 0. The second kappa shape index (κ2) is 88.7. The van der Waals surface area contributed by atoms with Gasteiger partial charge in [0.1, 0.15) is 23.7 Å². The maximum Gasteiger partial charge on any atom is 2.00 e. The van der Waals surface area contributed by atoms with Crippen LogP contribution < -0.4 is 9.47 Å². The molecule has 5 rings (SSSR count). The molecule has 0 aliphatic heterocycles. The van der Waals surface area contributed by atoms with E-state index < -0.39 is 0 Å². The summed E-state index contributed by atoms with van der Waals surface area (Å²) < 4.78 is 25.7. The van der Waals surface area contributed by atoms with Crippen molar-refractivity contribution in [2.45, 2.75) is 299 Å². The van der Waals surface area contributed by atoms with E-state index in [2.05, 4.69) is 161 Å². The van der Waals surface area contributed by atoms with Crippen LogP contribution in [0.4, 0.5) is 0 Å². The number of aryl methyl sites for hydroxylation is 4. The van der Waals surface area contributed by atoms with Gasteiger partial charge in [0.2, 0.25) is 0 Å². The third-order valence-electron chi connectivity index (χ3n) is 11.5. The van der Waals surface area contributed by atoms with Crippen molar-refractivity contribution in [2.24, 2.45) is 5.41 Å². The summed E-state index contributed by atoms with van der Waals surface area (Å²) in [5.74, 6) is 3.97. The molecule has 608 valence electrons. The molecular formula is C90H144O12W5-2. The Morgan fingerprint density at radius 2 is 0.757 bits per heavy atom. The predicted molar refractivity (Wildman–Crippen MR) is 438 cm³/mol. The van der Waals surface area contributed by atoms with Crippen LogP contribution in [-0.4, -0.2) is 44.2 Å². The van der Waals surface area contributed by atoms with Crippen LogP contribution in [0.1, 0.15) is 310 Å². The van der Waals surface area contributed by atoms with Crippen molar-refractivity contribution in [3.05, 3.63) is 214 Å². The van der Waals surface area contributed by atoms with Gasteiger partial charge < -0.3 is 49.9 Å². The predicted octanol–water partition coefficient (Wildman–Crippen LogP) is 25.5. The van der Waals surface area contributed by atoms with Gasteiger partial charge >= 0.3 is 81.1 Å². The monoisotopic (exact) mass is 2340 g/mol. The molecule has 0 bridgehead atoms. The van der Waals surface area contributed by atoms with Gasteiger partial charge in [-0.3, -0.25) is 39.0 Å². The summed E-state index contributed by atoms with van der Waals surface area (Å²) in [7, 11) is 0. The average molecular weight is 2340 g/mol. The molecule has 17 heteroatoms. The first-order valence-electron chi connectivity index (χ1n) is 34.7. The number of ether oxygens (including phenoxy) is 5. The topological polar surface area (TPSA) is 166 Å². The van der Waals surface area contributed by atoms with Gasteiger partial charge in [-0.05, 0) is 53.7 Å². The normalized spacial score (nSPS) is 9.63. The number of carbonyl (C=O) groups excluding carboxylic acids is 7. The fourth-order valence-corrected chi connectivity index (χ4v) is 6.67. The van der Waals surface area contributed by atoms with Crippen molar-refractivity contribution in [2.75, 3.05) is 0 Å². The van der Waals surface area contributed by atoms with E-state index in [1.54, 1.807) is 12.1 Å². The zero-order valence-electron chi connectivity index (χ0n) is 72.2. The first-order valence-corrected chi connectivity index (χ1v) is 34.7. The molecule has 0 radical (unpaired) electrons. The van der Waals surface area contributed by atoms with E-state index in [0.29, 0.717) is 18.0 Å². The molecule has 0 spiro atoms. The zero-order chi connectivity index (χ0) is 82.0. The number of carbonyl (C=O) groups is 4. The Morgan fingerprint density at radius 1 is 0.486 bits per heavy atom. The van der Waals surface area contributed by atoms with Crippen LogP contribution >= 0.6 is 0 Å². The zero-order valence-corrected chi connectivity index (χ0v) is 86.8. The van der Waals surface area contributed by atoms with Gasteiger partial charge in [-0.25, -0.2) is 0 Å². The van der Waals surface area contributed by atoms with Crippen molar-refractivity contribution in [1.29, 1.82) is 0 Å². The van der Waals surface area contributed by atoms with Gasteiger partial charge in [-0.1, -0.05) is 233 Å². The minimum atomic E-state index is -0.301. The molecule has 0 fully saturated rings. The molecule has 3 unspecified atom stereocenters. The van der Waals surface area contributed by atoms with E-state index in [4.69, 9.17) is 33.3 Å². The van der Waals surface area contributed by atoms with Gasteiger partial charge in [-0.15, -0.1) is 22.1 Å². The second-order valence-electron chi connectivity index (χ2n) is 25.2. The summed E-state index contributed by atoms with van der Waals surface area (Å²) in [6.07, 6.45) is 4.00. The molecule has 3 atom stereocenters. The SMILES string of the molecule is C.C=C(C)C(C)(C)c1ccccc1OC(C)=O.C=C(C)C(C)(C)c1ccccc1OC=O.C=C(C)OC(C)c1cc(C)[c-]c(C)c1.CC.CC.CC.CC(=O)OC(C)c1[c-]c(C)ccc1.CC(=O)OC(C)c1[c-]c(C)ccc1.CC(C)(C)[C-]=O.CCC.CCC.C[C-](C)C.C[C-](C)C.[CH-]=O.[CH-]=O.[W+2].[W+2].[W+2].[W].[W]. The molecule has 0 heterocycles. The first kappa shape index (κ1) is 141. The van der Waals surface area contributed by atoms with E-state index in [1.165, 1.54) is 51.0 Å². The molecule has 0 saturated heterocycles. The summed E-state index contributed by atoms with van der Waals surface area (Å²) in [4.78, 5) is 68.0. The fourth-order valence-electron chi connectivity index (χ4n) is 6.67. The van der Waals surface area contributed by atoms with Crippen LogP contribution in [0.5, 0.6) is 11.5 Å². The number of allylic oxidation sites excluding steroid dienone is 3. The molecule has 0 amide bonds. The Bertz CT molecular complexity index is 2830. The van der Waals surface area contributed by atoms with Gasteiger partial charge in [0.25, 0.3) is 6.47 Å². The number of esters is 3. The van der Waals surface area contributed by atoms with Crippen LogP contribution in [0.2, 0.25) is 0 Å². The first-order chi connectivity index (χ1) is 46.9. The van der Waals surface area contributed by atoms with Crippen molar-refractivity contribution in [1.82, 2.24) is 0 Å². The van der Waals surface area contributed by atoms with Gasteiger partial charge in [-0.2, -0.15) is 131 Å². The van der Waals surface area contributed by atoms with Gasteiger partial charge in [0, 0.05) is 84.9 Å². The number of hydrogen-bond acceptors (Lipinski definition) is 12. The van der Waals surface area contributed by atoms with Crippen LogP contribution in [0.25, 0.3) is 0 Å². The summed E-state index contributed by atoms with van der Waals surface area (Å²) >= 11 is 0. The molecule has 5 aromatic carbocycles. The quantitative estimate of drug-likeness (QED) is 0.0258. The molecule has 5 aromatic rings. The van der Waals surface area contributed by atoms with E-state index >= 15 is 0 Å². The van der Waals surface area contributed by atoms with Crippen LogP contribution in [0.15, 0.2) is 134 Å². The molecule has 0 aliphatic carbocycles. The minimum absolute atomic E-state index is 0. The second-order valence-corrected chi connectivity index (χ2v) is 25.2. The molecule has 12 nitrogen and oxygen atoms in total. The fraction of sp³-hybridized carbons (Fsp3) is 0.500. The third kappa shape index (κ3) is 86.9. The van der Waals surface area contributed by atoms with Crippen LogP contribution in [0.3, 0.4) is 0 Å². The maximum absolute atomic E-state index is 11.0. The van der Waals surface area contributed by atoms with Crippen LogP contribution in [0, 0.1) is 63.1 Å². The number of rotatable bonds is 14. The van der Waals surface area contributed by atoms with E-state index in [-0.39, 0.29) is 165 Å². The smallest absolute Gasteiger partial charge is 0.545 e. The number of para-hydroxylation sites is 2. The standard InChI is InChI=1S/C14H18O2.C13H16O2.C13H17O.2C11H13O2.C5H9O.2C4H9.2C3H8.3C2H6.2CHO.CH4.5W/c1-10(2)14(4,5)12-8-6-7-9-13(12)16-11(3)15;1-10(2)13(3,4)11-7-5-6-8-12(11)15-9-14;1-9(2)14-12(5)13-7-10(3)6-11(4)8-13;2*1-8-5-4-6-11(7-8)9(2)13-10(3)12;1-5(2,3)4-6;2*1-4(2)3;2*1-3-2;5*1-2;;;;;;/h6-9H,1H2,2-5H3;5-9H,1H2,2-4H3;7-8,12H,1H2,2-5H3;2*4-6,9H,1-3H3;1-3H3;2*1-3H3;2*3H2,1-2H3;3*1-2H3;2*1H;1H4;;;;;/q;;6*-1;;;;;;2*-1;;;;3*+2. The average Bonchev–Trinajstić information content (AvgIpc) is 0.816. The number of benzene rings is 5.